The number of halogens is 1. The lowest BCUT2D eigenvalue weighted by atomic mass is 9.90. The number of amides is 2. The number of carbonyl (C=O) groups excluding carboxylic acids is 2. The molecule has 0 unspecified atom stereocenters. The summed E-state index contributed by atoms with van der Waals surface area (Å²) in [6, 6.07) is 15.2. The minimum Gasteiger partial charge on any atom is -0.332 e. The maximum absolute atomic E-state index is 13.3. The van der Waals surface area contributed by atoms with Gasteiger partial charge in [-0.05, 0) is 23.8 Å². The van der Waals surface area contributed by atoms with Crippen molar-refractivity contribution in [2.75, 3.05) is 13.1 Å². The second-order valence-electron chi connectivity index (χ2n) is 6.54. The van der Waals surface area contributed by atoms with Crippen LogP contribution in [0.1, 0.15) is 22.3 Å². The van der Waals surface area contributed by atoms with E-state index < -0.39 is 11.4 Å². The largest absolute Gasteiger partial charge is 0.332 e. The average Bonchev–Trinajstić information content (AvgIpc) is 2.91. The molecular weight excluding hydrogens is 323 g/mol. The lowest BCUT2D eigenvalue weighted by molar-refractivity contribution is -0.233. The molecule has 2 saturated heterocycles. The fourth-order valence-corrected chi connectivity index (χ4v) is 3.32. The molecule has 0 aromatic heterocycles. The van der Waals surface area contributed by atoms with E-state index in [1.54, 1.807) is 11.0 Å². The van der Waals surface area contributed by atoms with Crippen LogP contribution in [-0.2, 0) is 16.2 Å². The minimum absolute atomic E-state index is 0.0818. The van der Waals surface area contributed by atoms with Gasteiger partial charge in [0.05, 0.1) is 26.1 Å². The Morgan fingerprint density at radius 2 is 1.88 bits per heavy atom. The molecule has 0 radical (unpaired) electrons. The van der Waals surface area contributed by atoms with Crippen LogP contribution in [0.5, 0.6) is 0 Å². The number of hydrogen-bond donors (Lipinski definition) is 0. The first-order valence-corrected chi connectivity index (χ1v) is 8.13. The van der Waals surface area contributed by atoms with Crippen LogP contribution in [0.15, 0.2) is 54.6 Å². The summed E-state index contributed by atoms with van der Waals surface area (Å²) in [5.41, 5.74) is 0.648. The first-order valence-electron chi connectivity index (χ1n) is 8.13. The molecule has 6 heteroatoms. The van der Waals surface area contributed by atoms with E-state index in [1.807, 2.05) is 30.3 Å². The van der Waals surface area contributed by atoms with Gasteiger partial charge in [-0.15, -0.1) is 0 Å². The molecule has 2 heterocycles. The minimum atomic E-state index is -0.644. The predicted octanol–water partition coefficient (Wildman–Crippen LogP) is 2.38. The van der Waals surface area contributed by atoms with Gasteiger partial charge >= 0.3 is 0 Å². The van der Waals surface area contributed by atoms with E-state index in [0.29, 0.717) is 25.2 Å². The number of carbonyl (C=O) groups is 2. The van der Waals surface area contributed by atoms with Crippen LogP contribution < -0.4 is 0 Å². The smallest absolute Gasteiger partial charge is 0.254 e. The molecular formula is C19H17FN2O3. The van der Waals surface area contributed by atoms with E-state index in [-0.39, 0.29) is 18.2 Å². The third-order valence-corrected chi connectivity index (χ3v) is 4.54. The Balaban J connectivity index is 1.39. The van der Waals surface area contributed by atoms with Gasteiger partial charge < -0.3 is 4.90 Å². The van der Waals surface area contributed by atoms with Crippen molar-refractivity contribution >= 4 is 11.8 Å². The molecule has 2 amide bonds. The summed E-state index contributed by atoms with van der Waals surface area (Å²) in [6.07, 6.45) is 0.257. The van der Waals surface area contributed by atoms with E-state index in [2.05, 4.69) is 0 Å². The van der Waals surface area contributed by atoms with Crippen LogP contribution >= 0.6 is 0 Å². The van der Waals surface area contributed by atoms with E-state index >= 15 is 0 Å². The van der Waals surface area contributed by atoms with Gasteiger partial charge in [0.1, 0.15) is 11.4 Å². The van der Waals surface area contributed by atoms with Crippen molar-refractivity contribution in [3.05, 3.63) is 71.5 Å². The SMILES string of the molecule is O=C(c1cccc(F)c1)N1CC2(CC(=O)N(Cc3ccccc3)O2)C1. The van der Waals surface area contributed by atoms with Gasteiger partial charge in [0.15, 0.2) is 0 Å². The van der Waals surface area contributed by atoms with Crippen LogP contribution in [0.2, 0.25) is 0 Å². The zero-order chi connectivity index (χ0) is 17.4. The molecule has 2 fully saturated rings. The normalized spacial score (nSPS) is 18.5. The number of benzene rings is 2. The monoisotopic (exact) mass is 340 g/mol. The first kappa shape index (κ1) is 15.8. The third-order valence-electron chi connectivity index (χ3n) is 4.54. The molecule has 25 heavy (non-hydrogen) atoms. The van der Waals surface area contributed by atoms with Gasteiger partial charge in [0.2, 0.25) is 5.91 Å². The number of rotatable bonds is 3. The number of hydroxylamine groups is 2. The summed E-state index contributed by atoms with van der Waals surface area (Å²) in [7, 11) is 0. The van der Waals surface area contributed by atoms with Crippen molar-refractivity contribution < 1.29 is 18.8 Å². The fraction of sp³-hybridized carbons (Fsp3) is 0.263. The molecule has 4 rings (SSSR count). The van der Waals surface area contributed by atoms with Gasteiger partial charge in [-0.25, -0.2) is 9.45 Å². The van der Waals surface area contributed by atoms with Gasteiger partial charge in [-0.2, -0.15) is 0 Å². The predicted molar refractivity (Wildman–Crippen MR) is 87.7 cm³/mol. The molecule has 0 N–H and O–H groups in total. The molecule has 0 saturated carbocycles. The molecule has 5 nitrogen and oxygen atoms in total. The number of likely N-dealkylation sites (tertiary alicyclic amines) is 1. The van der Waals surface area contributed by atoms with Gasteiger partial charge in [-0.1, -0.05) is 36.4 Å². The highest BCUT2D eigenvalue weighted by atomic mass is 19.1. The van der Waals surface area contributed by atoms with E-state index in [1.165, 1.54) is 23.3 Å². The Hall–Kier alpha value is -2.73. The summed E-state index contributed by atoms with van der Waals surface area (Å²) >= 11 is 0. The van der Waals surface area contributed by atoms with Crippen molar-refractivity contribution in [1.29, 1.82) is 0 Å². The van der Waals surface area contributed by atoms with E-state index in [4.69, 9.17) is 4.84 Å². The highest BCUT2D eigenvalue weighted by Crippen LogP contribution is 2.37. The van der Waals surface area contributed by atoms with Crippen LogP contribution in [0, 0.1) is 5.82 Å². The summed E-state index contributed by atoms with van der Waals surface area (Å²) in [5.74, 6) is -0.771. The Morgan fingerprint density at radius 3 is 2.60 bits per heavy atom. The Kier molecular flexibility index (Phi) is 3.77. The lowest BCUT2D eigenvalue weighted by Crippen LogP contribution is -2.63. The maximum Gasteiger partial charge on any atom is 0.254 e. The van der Waals surface area contributed by atoms with Crippen LogP contribution in [0.3, 0.4) is 0 Å². The highest BCUT2D eigenvalue weighted by Gasteiger charge is 2.54. The van der Waals surface area contributed by atoms with Crippen molar-refractivity contribution in [3.63, 3.8) is 0 Å². The van der Waals surface area contributed by atoms with Crippen LogP contribution in [0.25, 0.3) is 0 Å². The molecule has 2 aliphatic rings. The maximum atomic E-state index is 13.3. The average molecular weight is 340 g/mol. The Morgan fingerprint density at radius 1 is 1.12 bits per heavy atom. The molecule has 2 aromatic carbocycles. The third kappa shape index (κ3) is 3.00. The van der Waals surface area contributed by atoms with Crippen LogP contribution in [0.4, 0.5) is 4.39 Å². The number of hydrogen-bond acceptors (Lipinski definition) is 3. The second-order valence-corrected chi connectivity index (χ2v) is 6.54. The lowest BCUT2D eigenvalue weighted by Gasteiger charge is -2.45. The Labute approximate surface area is 144 Å². The van der Waals surface area contributed by atoms with Crippen molar-refractivity contribution in [3.8, 4) is 0 Å². The van der Waals surface area contributed by atoms with Crippen molar-refractivity contribution in [2.45, 2.75) is 18.6 Å². The molecule has 2 aliphatic heterocycles. The van der Waals surface area contributed by atoms with Crippen LogP contribution in [-0.4, -0.2) is 40.5 Å². The molecule has 0 bridgehead atoms. The topological polar surface area (TPSA) is 49.9 Å². The Bertz CT molecular complexity index is 818. The summed E-state index contributed by atoms with van der Waals surface area (Å²) in [4.78, 5) is 32.0. The standard InChI is InChI=1S/C19H17FN2O3/c20-16-8-4-7-15(9-16)18(24)21-12-19(13-21)10-17(23)22(25-19)11-14-5-2-1-3-6-14/h1-9H,10-13H2. The summed E-state index contributed by atoms with van der Waals surface area (Å²) in [5, 5.41) is 1.37. The molecule has 0 aliphatic carbocycles. The second kappa shape index (κ2) is 5.97. The van der Waals surface area contributed by atoms with Crippen molar-refractivity contribution in [2.24, 2.45) is 0 Å². The molecule has 128 valence electrons. The van der Waals surface area contributed by atoms with E-state index in [0.717, 1.165) is 5.56 Å². The summed E-state index contributed by atoms with van der Waals surface area (Å²) < 4.78 is 13.3. The molecule has 1 spiro atoms. The molecule has 2 aromatic rings. The van der Waals surface area contributed by atoms with Crippen molar-refractivity contribution in [1.82, 2.24) is 9.96 Å². The van der Waals surface area contributed by atoms with Gasteiger partial charge in [0, 0.05) is 5.56 Å². The van der Waals surface area contributed by atoms with Gasteiger partial charge in [-0.3, -0.25) is 14.4 Å². The fourth-order valence-electron chi connectivity index (χ4n) is 3.32. The van der Waals surface area contributed by atoms with Gasteiger partial charge in [0.25, 0.3) is 5.91 Å². The summed E-state index contributed by atoms with van der Waals surface area (Å²) in [6.45, 7) is 1.05. The first-order chi connectivity index (χ1) is 12.0. The quantitative estimate of drug-likeness (QED) is 0.862. The zero-order valence-electron chi connectivity index (χ0n) is 13.5. The van der Waals surface area contributed by atoms with E-state index in [9.17, 15) is 14.0 Å². The molecule has 0 atom stereocenters. The number of nitrogens with zero attached hydrogens (tertiary/aromatic N) is 2. The zero-order valence-corrected chi connectivity index (χ0v) is 13.5. The highest BCUT2D eigenvalue weighted by molar-refractivity contribution is 5.95.